The van der Waals surface area contributed by atoms with Gasteiger partial charge >= 0.3 is 0 Å². The maximum absolute atomic E-state index is 5.63. The Bertz CT molecular complexity index is 477. The van der Waals surface area contributed by atoms with Crippen LogP contribution in [-0.4, -0.2) is 56.4 Å². The summed E-state index contributed by atoms with van der Waals surface area (Å²) in [5, 5.41) is 3.07. The Morgan fingerprint density at radius 2 is 2.19 bits per heavy atom. The first-order valence-corrected chi connectivity index (χ1v) is 7.46. The highest BCUT2D eigenvalue weighted by Gasteiger charge is 2.27. The van der Waals surface area contributed by atoms with E-state index in [0.717, 1.165) is 43.1 Å². The molecule has 2 aliphatic heterocycles. The van der Waals surface area contributed by atoms with E-state index in [-0.39, 0.29) is 6.29 Å². The molecule has 1 N–H and O–H groups in total. The molecular weight excluding hydrogens is 270 g/mol. The van der Waals surface area contributed by atoms with E-state index in [1.54, 1.807) is 7.11 Å². The van der Waals surface area contributed by atoms with Crippen molar-refractivity contribution in [2.75, 3.05) is 45.8 Å². The zero-order chi connectivity index (χ0) is 14.7. The number of nitrogens with zero attached hydrogens (tertiary/aromatic N) is 2. The predicted octanol–water partition coefficient (Wildman–Crippen LogP) is 1.39. The number of hydrogen-bond donors (Lipinski definition) is 1. The summed E-state index contributed by atoms with van der Waals surface area (Å²) < 4.78 is 16.7. The molecule has 6 nitrogen and oxygen atoms in total. The summed E-state index contributed by atoms with van der Waals surface area (Å²) in [7, 11) is 3.65. The number of nitrogens with one attached hydrogen (secondary N) is 1. The molecule has 2 fully saturated rings. The molecule has 21 heavy (non-hydrogen) atoms. The van der Waals surface area contributed by atoms with Crippen molar-refractivity contribution in [3.63, 3.8) is 0 Å². The van der Waals surface area contributed by atoms with E-state index >= 15 is 0 Å². The molecule has 1 unspecified atom stereocenters. The van der Waals surface area contributed by atoms with E-state index in [9.17, 15) is 0 Å². The van der Waals surface area contributed by atoms with Gasteiger partial charge in [-0.25, -0.2) is 4.98 Å². The van der Waals surface area contributed by atoms with Gasteiger partial charge in [0.05, 0.1) is 19.3 Å². The molecule has 1 atom stereocenters. The zero-order valence-corrected chi connectivity index (χ0v) is 12.7. The molecule has 0 radical (unpaired) electrons. The van der Waals surface area contributed by atoms with Gasteiger partial charge in [0, 0.05) is 33.8 Å². The lowest BCUT2D eigenvalue weighted by molar-refractivity contribution is -0.0481. The zero-order valence-electron chi connectivity index (χ0n) is 12.7. The van der Waals surface area contributed by atoms with Gasteiger partial charge in [-0.2, -0.15) is 0 Å². The van der Waals surface area contributed by atoms with Gasteiger partial charge in [0.25, 0.3) is 0 Å². The van der Waals surface area contributed by atoms with Crippen LogP contribution in [0.1, 0.15) is 24.0 Å². The van der Waals surface area contributed by atoms with Crippen LogP contribution in [0, 0.1) is 0 Å². The van der Waals surface area contributed by atoms with Gasteiger partial charge < -0.3 is 19.5 Å². The van der Waals surface area contributed by atoms with E-state index in [2.05, 4.69) is 21.3 Å². The number of aromatic nitrogens is 1. The minimum Gasteiger partial charge on any atom is -0.380 e. The SMILES string of the molecule is CNc1ccc(CN2CCC(OC)C2)c(C2OCCO2)n1. The number of hydrogen-bond acceptors (Lipinski definition) is 6. The highest BCUT2D eigenvalue weighted by Crippen LogP contribution is 2.28. The summed E-state index contributed by atoms with van der Waals surface area (Å²) in [6.07, 6.45) is 1.09. The van der Waals surface area contributed by atoms with Crippen molar-refractivity contribution in [1.29, 1.82) is 0 Å². The highest BCUT2D eigenvalue weighted by molar-refractivity contribution is 5.38. The molecule has 2 aliphatic rings. The molecule has 3 heterocycles. The van der Waals surface area contributed by atoms with E-state index in [1.807, 2.05) is 13.1 Å². The van der Waals surface area contributed by atoms with Crippen molar-refractivity contribution >= 4 is 5.82 Å². The van der Waals surface area contributed by atoms with Crippen molar-refractivity contribution in [3.8, 4) is 0 Å². The number of ether oxygens (including phenoxy) is 3. The van der Waals surface area contributed by atoms with E-state index in [1.165, 1.54) is 0 Å². The molecule has 0 aromatic carbocycles. The fourth-order valence-corrected chi connectivity index (χ4v) is 2.87. The lowest BCUT2D eigenvalue weighted by Gasteiger charge is -2.20. The Morgan fingerprint density at radius 1 is 1.38 bits per heavy atom. The summed E-state index contributed by atoms with van der Waals surface area (Å²) in [5.41, 5.74) is 2.05. The minimum atomic E-state index is -0.339. The normalized spacial score (nSPS) is 23.8. The van der Waals surface area contributed by atoms with Crippen molar-refractivity contribution in [3.05, 3.63) is 23.4 Å². The van der Waals surface area contributed by atoms with Crippen LogP contribution in [0.15, 0.2) is 12.1 Å². The summed E-state index contributed by atoms with van der Waals surface area (Å²) in [6, 6.07) is 4.11. The maximum atomic E-state index is 5.63. The van der Waals surface area contributed by atoms with E-state index < -0.39 is 0 Å². The first-order valence-electron chi connectivity index (χ1n) is 7.46. The van der Waals surface area contributed by atoms with Crippen molar-refractivity contribution < 1.29 is 14.2 Å². The van der Waals surface area contributed by atoms with Gasteiger partial charge in [-0.15, -0.1) is 0 Å². The average molecular weight is 293 g/mol. The first-order chi connectivity index (χ1) is 10.3. The van der Waals surface area contributed by atoms with Crippen molar-refractivity contribution in [2.45, 2.75) is 25.4 Å². The second-order valence-electron chi connectivity index (χ2n) is 5.45. The Kier molecular flexibility index (Phi) is 4.70. The Labute approximate surface area is 125 Å². The molecule has 0 spiro atoms. The molecule has 3 rings (SSSR count). The number of anilines is 1. The largest absolute Gasteiger partial charge is 0.380 e. The van der Waals surface area contributed by atoms with Gasteiger partial charge in [0.2, 0.25) is 6.29 Å². The lowest BCUT2D eigenvalue weighted by atomic mass is 10.1. The van der Waals surface area contributed by atoms with Gasteiger partial charge in [-0.3, -0.25) is 4.90 Å². The van der Waals surface area contributed by atoms with Crippen molar-refractivity contribution in [2.24, 2.45) is 0 Å². The molecule has 0 bridgehead atoms. The third kappa shape index (κ3) is 3.35. The molecule has 0 saturated carbocycles. The third-order valence-corrected chi connectivity index (χ3v) is 4.07. The molecule has 1 aromatic rings. The monoisotopic (exact) mass is 293 g/mol. The second-order valence-corrected chi connectivity index (χ2v) is 5.45. The van der Waals surface area contributed by atoms with E-state index in [4.69, 9.17) is 14.2 Å². The number of methoxy groups -OCH3 is 1. The first kappa shape index (κ1) is 14.7. The van der Waals surface area contributed by atoms with Crippen LogP contribution in [-0.2, 0) is 20.8 Å². The molecular formula is C15H23N3O3. The summed E-state index contributed by atoms with van der Waals surface area (Å²) >= 11 is 0. The predicted molar refractivity (Wildman–Crippen MR) is 79.1 cm³/mol. The minimum absolute atomic E-state index is 0.339. The fraction of sp³-hybridized carbons (Fsp3) is 0.667. The van der Waals surface area contributed by atoms with Gasteiger partial charge in [0.15, 0.2) is 0 Å². The summed E-state index contributed by atoms with van der Waals surface area (Å²) in [6.45, 7) is 4.14. The maximum Gasteiger partial charge on any atom is 0.201 e. The lowest BCUT2D eigenvalue weighted by Crippen LogP contribution is -2.24. The fourth-order valence-electron chi connectivity index (χ4n) is 2.87. The third-order valence-electron chi connectivity index (χ3n) is 4.07. The quantitative estimate of drug-likeness (QED) is 0.885. The standard InChI is InChI=1S/C15H23N3O3/c1-16-13-4-3-11(9-18-6-5-12(10-18)19-2)14(17-13)15-20-7-8-21-15/h3-4,12,15H,5-10H2,1-2H3,(H,16,17). The topological polar surface area (TPSA) is 55.9 Å². The van der Waals surface area contributed by atoms with Crippen LogP contribution < -0.4 is 5.32 Å². The molecule has 0 aliphatic carbocycles. The smallest absolute Gasteiger partial charge is 0.201 e. The molecule has 1 aromatic heterocycles. The molecule has 6 heteroatoms. The van der Waals surface area contributed by atoms with Crippen molar-refractivity contribution in [1.82, 2.24) is 9.88 Å². The Hall–Kier alpha value is -1.21. The van der Waals surface area contributed by atoms with Crippen LogP contribution >= 0.6 is 0 Å². The average Bonchev–Trinajstić information content (AvgIpc) is 3.19. The van der Waals surface area contributed by atoms with Gasteiger partial charge in [-0.05, 0) is 18.1 Å². The highest BCUT2D eigenvalue weighted by atomic mass is 16.7. The number of likely N-dealkylation sites (tertiary alicyclic amines) is 1. The van der Waals surface area contributed by atoms with Crippen LogP contribution in [0.4, 0.5) is 5.82 Å². The summed E-state index contributed by atoms with van der Waals surface area (Å²) in [5.74, 6) is 0.837. The number of pyridine rings is 1. The second kappa shape index (κ2) is 6.70. The van der Waals surface area contributed by atoms with Gasteiger partial charge in [0.1, 0.15) is 11.5 Å². The van der Waals surface area contributed by atoms with Crippen LogP contribution in [0.2, 0.25) is 0 Å². The van der Waals surface area contributed by atoms with Crippen LogP contribution in [0.3, 0.4) is 0 Å². The van der Waals surface area contributed by atoms with E-state index in [0.29, 0.717) is 19.3 Å². The Balaban J connectivity index is 1.77. The number of rotatable bonds is 5. The van der Waals surface area contributed by atoms with Gasteiger partial charge in [-0.1, -0.05) is 6.07 Å². The Morgan fingerprint density at radius 3 is 2.86 bits per heavy atom. The van der Waals surface area contributed by atoms with Crippen LogP contribution in [0.5, 0.6) is 0 Å². The molecule has 2 saturated heterocycles. The molecule has 0 amide bonds. The summed E-state index contributed by atoms with van der Waals surface area (Å²) in [4.78, 5) is 7.03. The van der Waals surface area contributed by atoms with Crippen LogP contribution in [0.25, 0.3) is 0 Å². The molecule has 116 valence electrons.